The molecule has 2 heterocycles. The highest BCUT2D eigenvalue weighted by Crippen LogP contribution is 2.25. The summed E-state index contributed by atoms with van der Waals surface area (Å²) < 4.78 is 0. The maximum Gasteiger partial charge on any atom is 0.0980 e. The monoisotopic (exact) mass is 256 g/mol. The zero-order valence-electron chi connectivity index (χ0n) is 10.6. The van der Waals surface area contributed by atoms with Crippen molar-refractivity contribution in [3.05, 3.63) is 67.0 Å². The van der Waals surface area contributed by atoms with Gasteiger partial charge in [0.25, 0.3) is 0 Å². The summed E-state index contributed by atoms with van der Waals surface area (Å²) >= 11 is 0. The summed E-state index contributed by atoms with van der Waals surface area (Å²) in [5.74, 6) is 0. The molecule has 0 N–H and O–H groups in total. The first-order valence-electron chi connectivity index (χ1n) is 6.39. The van der Waals surface area contributed by atoms with Crippen LogP contribution in [0.5, 0.6) is 0 Å². The number of benzene rings is 2. The van der Waals surface area contributed by atoms with E-state index in [4.69, 9.17) is 0 Å². The van der Waals surface area contributed by atoms with Crippen molar-refractivity contribution in [2.45, 2.75) is 0 Å². The molecule has 0 aliphatic rings. The van der Waals surface area contributed by atoms with Gasteiger partial charge < -0.3 is 0 Å². The van der Waals surface area contributed by atoms with Crippen molar-refractivity contribution < 1.29 is 0 Å². The predicted octanol–water partition coefficient (Wildman–Crippen LogP) is 3.65. The van der Waals surface area contributed by atoms with Crippen molar-refractivity contribution in [2.75, 3.05) is 0 Å². The van der Waals surface area contributed by atoms with Gasteiger partial charge in [0.05, 0.1) is 22.2 Å². The van der Waals surface area contributed by atoms with E-state index in [1.165, 1.54) is 0 Å². The smallest absolute Gasteiger partial charge is 0.0980 e. The van der Waals surface area contributed by atoms with E-state index in [1.54, 1.807) is 12.4 Å². The van der Waals surface area contributed by atoms with Crippen molar-refractivity contribution in [2.24, 2.45) is 0 Å². The summed E-state index contributed by atoms with van der Waals surface area (Å²) in [6, 6.07) is 19.2. The number of fused-ring (bicyclic) bond motifs is 2. The van der Waals surface area contributed by atoms with Gasteiger partial charge in [-0.25, -0.2) is 4.98 Å². The van der Waals surface area contributed by atoms with Crippen LogP contribution in [0.1, 0.15) is 0 Å². The van der Waals surface area contributed by atoms with Crippen LogP contribution in [0, 0.1) is 6.07 Å². The largest absolute Gasteiger partial charge is 0.253 e. The second-order valence-electron chi connectivity index (χ2n) is 4.54. The first-order valence-corrected chi connectivity index (χ1v) is 6.39. The molecule has 3 nitrogen and oxygen atoms in total. The normalized spacial score (nSPS) is 11.0. The van der Waals surface area contributed by atoms with Gasteiger partial charge in [-0.15, -0.1) is 0 Å². The zero-order chi connectivity index (χ0) is 13.4. The fourth-order valence-electron chi connectivity index (χ4n) is 2.33. The molecule has 0 bridgehead atoms. The lowest BCUT2D eigenvalue weighted by atomic mass is 10.1. The Labute approximate surface area is 116 Å². The molecule has 0 amide bonds. The first kappa shape index (κ1) is 11.1. The predicted molar refractivity (Wildman–Crippen MR) is 79.1 cm³/mol. The average Bonchev–Trinajstić information content (AvgIpc) is 2.54. The lowest BCUT2D eigenvalue weighted by Crippen LogP contribution is -1.90. The summed E-state index contributed by atoms with van der Waals surface area (Å²) in [7, 11) is 0. The van der Waals surface area contributed by atoms with Gasteiger partial charge in [-0.2, -0.15) is 0 Å². The minimum Gasteiger partial charge on any atom is -0.253 e. The van der Waals surface area contributed by atoms with Crippen molar-refractivity contribution >= 4 is 21.9 Å². The Morgan fingerprint density at radius 1 is 0.800 bits per heavy atom. The van der Waals surface area contributed by atoms with Gasteiger partial charge in [-0.3, -0.25) is 9.97 Å². The minimum atomic E-state index is 0.801. The van der Waals surface area contributed by atoms with Crippen molar-refractivity contribution in [3.63, 3.8) is 0 Å². The molecule has 2 aromatic carbocycles. The van der Waals surface area contributed by atoms with Gasteiger partial charge in [0.1, 0.15) is 0 Å². The van der Waals surface area contributed by atoms with E-state index in [-0.39, 0.29) is 0 Å². The molecule has 3 heteroatoms. The van der Waals surface area contributed by atoms with Crippen LogP contribution in [0.3, 0.4) is 0 Å². The third kappa shape index (κ3) is 1.72. The van der Waals surface area contributed by atoms with E-state index in [1.807, 2.05) is 48.5 Å². The highest BCUT2D eigenvalue weighted by molar-refractivity contribution is 5.91. The molecule has 0 saturated carbocycles. The van der Waals surface area contributed by atoms with Crippen molar-refractivity contribution in [1.82, 2.24) is 15.0 Å². The molecule has 93 valence electrons. The SMILES string of the molecule is [c]1cc2ccccc2nc1-c1cccc2nccnc12. The molecular weight excluding hydrogens is 246 g/mol. The van der Waals surface area contributed by atoms with E-state index in [0.29, 0.717) is 0 Å². The molecule has 0 aliphatic carbocycles. The Balaban J connectivity index is 2.01. The van der Waals surface area contributed by atoms with E-state index in [0.717, 1.165) is 33.2 Å². The van der Waals surface area contributed by atoms with Crippen LogP contribution in [0.4, 0.5) is 0 Å². The van der Waals surface area contributed by atoms with Gasteiger partial charge in [0.2, 0.25) is 0 Å². The molecule has 4 rings (SSSR count). The minimum absolute atomic E-state index is 0.801. The fourth-order valence-corrected chi connectivity index (χ4v) is 2.33. The van der Waals surface area contributed by atoms with Crippen LogP contribution >= 0.6 is 0 Å². The number of nitrogens with zero attached hydrogens (tertiary/aromatic N) is 3. The third-order valence-corrected chi connectivity index (χ3v) is 3.29. The second kappa shape index (κ2) is 4.38. The Morgan fingerprint density at radius 3 is 2.65 bits per heavy atom. The summed E-state index contributed by atoms with van der Waals surface area (Å²) in [6.45, 7) is 0. The molecule has 0 spiro atoms. The molecule has 2 aromatic heterocycles. The van der Waals surface area contributed by atoms with Gasteiger partial charge in [0.15, 0.2) is 0 Å². The number of aromatic nitrogens is 3. The highest BCUT2D eigenvalue weighted by Gasteiger charge is 2.07. The fraction of sp³-hybridized carbons (Fsp3) is 0. The number of pyridine rings is 1. The molecular formula is C17H10N3. The number of hydrogen-bond donors (Lipinski definition) is 0. The second-order valence-corrected chi connectivity index (χ2v) is 4.54. The molecule has 0 unspecified atom stereocenters. The Hall–Kier alpha value is -2.81. The lowest BCUT2D eigenvalue weighted by molar-refractivity contribution is 1.29. The number of para-hydroxylation sites is 2. The van der Waals surface area contributed by atoms with Crippen molar-refractivity contribution in [1.29, 1.82) is 0 Å². The van der Waals surface area contributed by atoms with Gasteiger partial charge in [-0.05, 0) is 18.2 Å². The Morgan fingerprint density at radius 2 is 1.65 bits per heavy atom. The van der Waals surface area contributed by atoms with Crippen LogP contribution in [0.2, 0.25) is 0 Å². The highest BCUT2D eigenvalue weighted by atomic mass is 14.8. The van der Waals surface area contributed by atoms with Gasteiger partial charge in [-0.1, -0.05) is 30.3 Å². The van der Waals surface area contributed by atoms with Crippen LogP contribution in [0.15, 0.2) is 60.9 Å². The molecule has 0 fully saturated rings. The first-order chi connectivity index (χ1) is 9.92. The summed E-state index contributed by atoms with van der Waals surface area (Å²) in [5, 5.41) is 1.09. The van der Waals surface area contributed by atoms with E-state index in [2.05, 4.69) is 21.0 Å². The van der Waals surface area contributed by atoms with Crippen LogP contribution < -0.4 is 0 Å². The number of rotatable bonds is 1. The zero-order valence-corrected chi connectivity index (χ0v) is 10.6. The molecule has 0 saturated heterocycles. The molecule has 0 atom stereocenters. The molecule has 0 aliphatic heterocycles. The average molecular weight is 256 g/mol. The van der Waals surface area contributed by atoms with E-state index >= 15 is 0 Å². The summed E-state index contributed by atoms with van der Waals surface area (Å²) in [6.07, 6.45) is 3.40. The quantitative estimate of drug-likeness (QED) is 0.522. The van der Waals surface area contributed by atoms with Crippen LogP contribution in [-0.2, 0) is 0 Å². The van der Waals surface area contributed by atoms with E-state index < -0.39 is 0 Å². The standard InChI is InChI=1S/C17H10N3/c1-2-6-14-12(4-1)8-9-15(20-14)13-5-3-7-16-17(13)19-11-10-18-16/h1-8,10-11H. The molecule has 4 aromatic rings. The van der Waals surface area contributed by atoms with Crippen LogP contribution in [-0.4, -0.2) is 15.0 Å². The molecule has 20 heavy (non-hydrogen) atoms. The Bertz CT molecular complexity index is 910. The van der Waals surface area contributed by atoms with Crippen LogP contribution in [0.25, 0.3) is 33.2 Å². The third-order valence-electron chi connectivity index (χ3n) is 3.29. The maximum atomic E-state index is 4.67. The summed E-state index contributed by atoms with van der Waals surface area (Å²) in [4.78, 5) is 13.4. The van der Waals surface area contributed by atoms with Gasteiger partial charge in [0, 0.05) is 29.4 Å². The maximum absolute atomic E-state index is 4.67. The Kier molecular flexibility index (Phi) is 2.42. The topological polar surface area (TPSA) is 38.7 Å². The van der Waals surface area contributed by atoms with Gasteiger partial charge >= 0.3 is 0 Å². The number of hydrogen-bond acceptors (Lipinski definition) is 3. The van der Waals surface area contributed by atoms with Crippen molar-refractivity contribution in [3.8, 4) is 11.3 Å². The lowest BCUT2D eigenvalue weighted by Gasteiger charge is -2.05. The van der Waals surface area contributed by atoms with E-state index in [9.17, 15) is 0 Å². The summed E-state index contributed by atoms with van der Waals surface area (Å²) in [5.41, 5.74) is 4.45. The molecule has 1 radical (unpaired) electrons.